The fourth-order valence-electron chi connectivity index (χ4n) is 4.47. The Morgan fingerprint density at radius 3 is 2.61 bits per heavy atom. The fraction of sp³-hybridized carbons (Fsp3) is 0.591. The van der Waals surface area contributed by atoms with Gasteiger partial charge in [0.15, 0.2) is 0 Å². The Labute approximate surface area is 167 Å². The maximum atomic E-state index is 12.8. The van der Waals surface area contributed by atoms with E-state index in [0.717, 1.165) is 76.5 Å². The number of methoxy groups -OCH3 is 1. The first-order chi connectivity index (χ1) is 13.7. The smallest absolute Gasteiger partial charge is 0.242 e. The topological polar surface area (TPSA) is 46.9 Å². The number of nitrogens with zero attached hydrogens (tertiary/aromatic N) is 3. The number of ether oxygens (including phenoxy) is 2. The average molecular weight is 386 g/mol. The van der Waals surface area contributed by atoms with Crippen LogP contribution < -0.4 is 4.74 Å². The maximum Gasteiger partial charge on any atom is 0.242 e. The molecule has 1 aromatic heterocycles. The van der Waals surface area contributed by atoms with Crippen molar-refractivity contribution in [1.82, 2.24) is 14.4 Å². The number of amides is 1. The molecule has 0 N–H and O–H groups in total. The lowest BCUT2D eigenvalue weighted by Gasteiger charge is -2.26. The minimum Gasteiger partial charge on any atom is -0.497 e. The van der Waals surface area contributed by atoms with Crippen LogP contribution in [0, 0.1) is 6.92 Å². The third kappa shape index (κ3) is 3.89. The van der Waals surface area contributed by atoms with E-state index in [1.165, 1.54) is 16.6 Å². The molecule has 0 radical (unpaired) electrons. The number of aromatic nitrogens is 1. The van der Waals surface area contributed by atoms with Crippen LogP contribution >= 0.6 is 0 Å². The molecule has 1 amide bonds. The van der Waals surface area contributed by atoms with E-state index in [9.17, 15) is 4.79 Å². The molecule has 2 fully saturated rings. The third-order valence-electron chi connectivity index (χ3n) is 6.20. The number of carbonyl (C=O) groups is 1. The Balaban J connectivity index is 1.62. The van der Waals surface area contributed by atoms with Gasteiger partial charge in [0.1, 0.15) is 12.3 Å². The first-order valence-electron chi connectivity index (χ1n) is 10.4. The van der Waals surface area contributed by atoms with Crippen LogP contribution in [0.3, 0.4) is 0 Å². The summed E-state index contributed by atoms with van der Waals surface area (Å²) in [7, 11) is 1.70. The van der Waals surface area contributed by atoms with E-state index in [4.69, 9.17) is 9.47 Å². The van der Waals surface area contributed by atoms with Crippen LogP contribution in [0.4, 0.5) is 0 Å². The highest BCUT2D eigenvalue weighted by atomic mass is 16.5. The number of fused-ring (bicyclic) bond motifs is 1. The zero-order valence-electron chi connectivity index (χ0n) is 17.1. The first kappa shape index (κ1) is 19.3. The molecule has 1 aromatic carbocycles. The van der Waals surface area contributed by atoms with Crippen LogP contribution in [0.2, 0.25) is 0 Å². The fourth-order valence-corrected chi connectivity index (χ4v) is 4.47. The van der Waals surface area contributed by atoms with Crippen LogP contribution in [0.15, 0.2) is 18.2 Å². The summed E-state index contributed by atoms with van der Waals surface area (Å²) in [4.78, 5) is 17.3. The highest BCUT2D eigenvalue weighted by Crippen LogP contribution is 2.30. The second-order valence-electron chi connectivity index (χ2n) is 7.83. The molecule has 2 aliphatic heterocycles. The maximum absolute atomic E-state index is 12.8. The Bertz CT molecular complexity index is 833. The number of rotatable bonds is 6. The van der Waals surface area contributed by atoms with Gasteiger partial charge in [-0.2, -0.15) is 0 Å². The van der Waals surface area contributed by atoms with Gasteiger partial charge < -0.3 is 18.9 Å². The van der Waals surface area contributed by atoms with Crippen molar-refractivity contribution in [3.8, 4) is 5.75 Å². The molecule has 2 aliphatic rings. The zero-order chi connectivity index (χ0) is 19.5. The molecular formula is C22H31N3O3. The van der Waals surface area contributed by atoms with Crippen molar-refractivity contribution in [2.45, 2.75) is 32.7 Å². The Morgan fingerprint density at radius 1 is 1.14 bits per heavy atom. The number of carbonyl (C=O) groups excluding carboxylic acids is 1. The molecular weight excluding hydrogens is 354 g/mol. The van der Waals surface area contributed by atoms with Gasteiger partial charge in [0, 0.05) is 49.3 Å². The van der Waals surface area contributed by atoms with Crippen LogP contribution in [-0.2, 0) is 22.5 Å². The van der Waals surface area contributed by atoms with E-state index < -0.39 is 0 Å². The van der Waals surface area contributed by atoms with Gasteiger partial charge in [-0.25, -0.2) is 0 Å². The normalized spacial score (nSPS) is 18.1. The van der Waals surface area contributed by atoms with Crippen LogP contribution in [0.1, 0.15) is 24.1 Å². The van der Waals surface area contributed by atoms with Crippen molar-refractivity contribution in [1.29, 1.82) is 0 Å². The van der Waals surface area contributed by atoms with E-state index in [0.29, 0.717) is 6.54 Å². The standard InChI is InChI=1S/C22H31N3O3/c1-17-19(7-10-23-11-13-28-14-12-23)20-15-18(27-2)5-6-21(20)25(17)16-22(26)24-8-3-4-9-24/h5-6,15H,3-4,7-14,16H2,1-2H3. The van der Waals surface area contributed by atoms with Crippen molar-refractivity contribution >= 4 is 16.8 Å². The third-order valence-corrected chi connectivity index (χ3v) is 6.20. The molecule has 6 nitrogen and oxygen atoms in total. The summed E-state index contributed by atoms with van der Waals surface area (Å²) in [6, 6.07) is 6.20. The van der Waals surface area contributed by atoms with Gasteiger partial charge in [0.2, 0.25) is 5.91 Å². The molecule has 0 saturated carbocycles. The van der Waals surface area contributed by atoms with Gasteiger partial charge in [0.05, 0.1) is 20.3 Å². The quantitative estimate of drug-likeness (QED) is 0.766. The monoisotopic (exact) mass is 385 g/mol. The lowest BCUT2D eigenvalue weighted by atomic mass is 10.1. The molecule has 0 unspecified atom stereocenters. The number of morpholine rings is 1. The highest BCUT2D eigenvalue weighted by Gasteiger charge is 2.22. The molecule has 6 heteroatoms. The Kier molecular flexibility index (Phi) is 5.87. The Morgan fingerprint density at radius 2 is 1.89 bits per heavy atom. The summed E-state index contributed by atoms with van der Waals surface area (Å²) in [5.41, 5.74) is 3.65. The minimum atomic E-state index is 0.230. The van der Waals surface area contributed by atoms with Gasteiger partial charge in [-0.15, -0.1) is 0 Å². The predicted molar refractivity (Wildman–Crippen MR) is 110 cm³/mol. The van der Waals surface area contributed by atoms with E-state index >= 15 is 0 Å². The van der Waals surface area contributed by atoms with E-state index in [1.54, 1.807) is 7.11 Å². The van der Waals surface area contributed by atoms with Gasteiger partial charge in [-0.05, 0) is 49.9 Å². The number of hydrogen-bond donors (Lipinski definition) is 0. The molecule has 0 spiro atoms. The molecule has 2 aromatic rings. The van der Waals surface area contributed by atoms with Gasteiger partial charge in [-0.1, -0.05) is 0 Å². The zero-order valence-corrected chi connectivity index (χ0v) is 17.1. The van der Waals surface area contributed by atoms with Crippen LogP contribution in [0.25, 0.3) is 10.9 Å². The number of hydrogen-bond acceptors (Lipinski definition) is 4. The molecule has 152 valence electrons. The van der Waals surface area contributed by atoms with E-state index in [-0.39, 0.29) is 5.91 Å². The summed E-state index contributed by atoms with van der Waals surface area (Å²) in [6.45, 7) is 9.01. The van der Waals surface area contributed by atoms with E-state index in [1.807, 2.05) is 11.0 Å². The van der Waals surface area contributed by atoms with Crippen molar-refractivity contribution in [3.05, 3.63) is 29.5 Å². The molecule has 0 aliphatic carbocycles. The minimum absolute atomic E-state index is 0.230. The molecule has 0 atom stereocenters. The highest BCUT2D eigenvalue weighted by molar-refractivity contribution is 5.89. The summed E-state index contributed by atoms with van der Waals surface area (Å²) in [5, 5.41) is 1.21. The average Bonchev–Trinajstić information content (AvgIpc) is 3.35. The Hall–Kier alpha value is -2.05. The van der Waals surface area contributed by atoms with E-state index in [2.05, 4.69) is 28.5 Å². The van der Waals surface area contributed by atoms with Crippen molar-refractivity contribution in [2.75, 3.05) is 53.0 Å². The SMILES string of the molecule is COc1ccc2c(c1)c(CCN1CCOCC1)c(C)n2CC(=O)N1CCCC1. The molecule has 4 rings (SSSR count). The van der Waals surface area contributed by atoms with Crippen LogP contribution in [0.5, 0.6) is 5.75 Å². The van der Waals surface area contributed by atoms with Gasteiger partial charge >= 0.3 is 0 Å². The molecule has 2 saturated heterocycles. The lowest BCUT2D eigenvalue weighted by Crippen LogP contribution is -2.37. The van der Waals surface area contributed by atoms with Gasteiger partial charge in [0.25, 0.3) is 0 Å². The second-order valence-corrected chi connectivity index (χ2v) is 7.83. The summed E-state index contributed by atoms with van der Waals surface area (Å²) < 4.78 is 13.1. The largest absolute Gasteiger partial charge is 0.497 e. The summed E-state index contributed by atoms with van der Waals surface area (Å²) in [5.74, 6) is 1.09. The molecule has 0 bridgehead atoms. The second kappa shape index (κ2) is 8.53. The predicted octanol–water partition coefficient (Wildman–Crippen LogP) is 2.46. The molecule has 3 heterocycles. The van der Waals surface area contributed by atoms with Crippen LogP contribution in [-0.4, -0.2) is 73.3 Å². The van der Waals surface area contributed by atoms with Crippen molar-refractivity contribution in [2.24, 2.45) is 0 Å². The van der Waals surface area contributed by atoms with Crippen molar-refractivity contribution in [3.63, 3.8) is 0 Å². The lowest BCUT2D eigenvalue weighted by molar-refractivity contribution is -0.130. The van der Waals surface area contributed by atoms with Crippen molar-refractivity contribution < 1.29 is 14.3 Å². The summed E-state index contributed by atoms with van der Waals surface area (Å²) in [6.07, 6.45) is 3.22. The molecule has 28 heavy (non-hydrogen) atoms. The number of likely N-dealkylation sites (tertiary alicyclic amines) is 1. The number of benzene rings is 1. The van der Waals surface area contributed by atoms with Gasteiger partial charge in [-0.3, -0.25) is 9.69 Å². The first-order valence-corrected chi connectivity index (χ1v) is 10.4. The summed E-state index contributed by atoms with van der Waals surface area (Å²) >= 11 is 0.